The van der Waals surface area contributed by atoms with Gasteiger partial charge in [0.1, 0.15) is 12.4 Å². The van der Waals surface area contributed by atoms with Gasteiger partial charge >= 0.3 is 0 Å². The first kappa shape index (κ1) is 5.98. The molecule has 1 saturated carbocycles. The van der Waals surface area contributed by atoms with Gasteiger partial charge in [-0.1, -0.05) is 18.2 Å². The Morgan fingerprint density at radius 3 is 3.45 bits per heavy atom. The van der Waals surface area contributed by atoms with E-state index in [1.165, 1.54) is 12.0 Å². The van der Waals surface area contributed by atoms with Crippen LogP contribution in [0.25, 0.3) is 0 Å². The first-order valence-electron chi connectivity index (χ1n) is 4.01. The largest absolute Gasteiger partial charge is 0.351 e. The summed E-state index contributed by atoms with van der Waals surface area (Å²) in [6.45, 7) is 1.24. The highest BCUT2D eigenvalue weighted by Crippen LogP contribution is 2.55. The van der Waals surface area contributed by atoms with E-state index in [0.717, 1.165) is 6.61 Å². The van der Waals surface area contributed by atoms with Gasteiger partial charge < -0.3 is 9.47 Å². The molecule has 1 aliphatic heterocycles. The van der Waals surface area contributed by atoms with E-state index in [1.54, 1.807) is 0 Å². The van der Waals surface area contributed by atoms with Crippen LogP contribution in [0.2, 0.25) is 0 Å². The van der Waals surface area contributed by atoms with Crippen LogP contribution in [0.1, 0.15) is 6.42 Å². The molecule has 0 N–H and O–H groups in total. The molecule has 2 aliphatic carbocycles. The van der Waals surface area contributed by atoms with Gasteiger partial charge in [0.2, 0.25) is 0 Å². The lowest BCUT2D eigenvalue weighted by molar-refractivity contribution is -0.123. The third-order valence-corrected chi connectivity index (χ3v) is 2.80. The fraction of sp³-hybridized carbons (Fsp3) is 0.556. The van der Waals surface area contributed by atoms with E-state index in [0.29, 0.717) is 12.7 Å². The van der Waals surface area contributed by atoms with Gasteiger partial charge in [0.15, 0.2) is 0 Å². The van der Waals surface area contributed by atoms with Crippen molar-refractivity contribution in [2.45, 2.75) is 12.0 Å². The molecule has 1 spiro atoms. The summed E-state index contributed by atoms with van der Waals surface area (Å²) in [5.41, 5.74) is 1.42. The van der Waals surface area contributed by atoms with Gasteiger partial charge in [-0.3, -0.25) is 0 Å². The minimum atomic E-state index is 0.0903. The van der Waals surface area contributed by atoms with Crippen molar-refractivity contribution in [1.82, 2.24) is 0 Å². The van der Waals surface area contributed by atoms with Crippen LogP contribution in [0.5, 0.6) is 0 Å². The summed E-state index contributed by atoms with van der Waals surface area (Å²) in [5, 5.41) is 0. The second-order valence-corrected chi connectivity index (χ2v) is 3.39. The van der Waals surface area contributed by atoms with Crippen LogP contribution in [0.4, 0.5) is 0 Å². The molecule has 3 rings (SSSR count). The third kappa shape index (κ3) is 0.638. The van der Waals surface area contributed by atoms with Crippen LogP contribution in [0.15, 0.2) is 23.8 Å². The second kappa shape index (κ2) is 1.76. The first-order chi connectivity index (χ1) is 5.42. The Bertz CT molecular complexity index is 254. The van der Waals surface area contributed by atoms with Crippen LogP contribution in [0.3, 0.4) is 0 Å². The average Bonchev–Trinajstić information content (AvgIpc) is 2.75. The monoisotopic (exact) mass is 150 g/mol. The number of rotatable bonds is 0. The molecule has 2 atom stereocenters. The molecule has 0 aromatic heterocycles. The Balaban J connectivity index is 2.02. The fourth-order valence-electron chi connectivity index (χ4n) is 2.03. The van der Waals surface area contributed by atoms with E-state index in [4.69, 9.17) is 9.47 Å². The zero-order chi connectivity index (χ0) is 7.31. The molecule has 0 aromatic rings. The Morgan fingerprint density at radius 2 is 2.55 bits per heavy atom. The van der Waals surface area contributed by atoms with Gasteiger partial charge in [-0.05, 0) is 12.0 Å². The zero-order valence-electron chi connectivity index (χ0n) is 6.25. The Labute approximate surface area is 65.5 Å². The Morgan fingerprint density at radius 1 is 1.55 bits per heavy atom. The highest BCUT2D eigenvalue weighted by Gasteiger charge is 2.58. The predicted octanol–water partition coefficient (Wildman–Crippen LogP) is 1.25. The predicted molar refractivity (Wildman–Crippen MR) is 40.0 cm³/mol. The van der Waals surface area contributed by atoms with E-state index in [9.17, 15) is 0 Å². The van der Waals surface area contributed by atoms with E-state index < -0.39 is 0 Å². The fourth-order valence-corrected chi connectivity index (χ4v) is 2.03. The molecule has 0 bridgehead atoms. The van der Waals surface area contributed by atoms with E-state index in [2.05, 4.69) is 18.2 Å². The van der Waals surface area contributed by atoms with Crippen LogP contribution < -0.4 is 0 Å². The minimum Gasteiger partial charge on any atom is -0.351 e. The van der Waals surface area contributed by atoms with Crippen molar-refractivity contribution in [3.63, 3.8) is 0 Å². The molecule has 0 amide bonds. The molecule has 2 nitrogen and oxygen atoms in total. The summed E-state index contributed by atoms with van der Waals surface area (Å²) in [6, 6.07) is 0. The molecular formula is C9H10O2. The number of hydrogen-bond donors (Lipinski definition) is 0. The molecule has 11 heavy (non-hydrogen) atoms. The molecule has 0 aromatic carbocycles. The van der Waals surface area contributed by atoms with Crippen LogP contribution >= 0.6 is 0 Å². The van der Waals surface area contributed by atoms with Crippen molar-refractivity contribution in [3.8, 4) is 0 Å². The van der Waals surface area contributed by atoms with Crippen molar-refractivity contribution in [1.29, 1.82) is 0 Å². The number of allylic oxidation sites excluding steroid dienone is 2. The topological polar surface area (TPSA) is 18.5 Å². The van der Waals surface area contributed by atoms with Crippen molar-refractivity contribution in [2.24, 2.45) is 5.92 Å². The molecule has 2 fully saturated rings. The lowest BCUT2D eigenvalue weighted by atomic mass is 10.0. The van der Waals surface area contributed by atoms with E-state index in [-0.39, 0.29) is 5.60 Å². The van der Waals surface area contributed by atoms with Crippen molar-refractivity contribution in [2.75, 3.05) is 13.4 Å². The maximum atomic E-state index is 5.60. The van der Waals surface area contributed by atoms with Crippen LogP contribution in [0, 0.1) is 5.92 Å². The van der Waals surface area contributed by atoms with Crippen molar-refractivity contribution >= 4 is 0 Å². The SMILES string of the molecule is C1=CC2CC23OCOCC3=C1. The quantitative estimate of drug-likeness (QED) is 0.517. The van der Waals surface area contributed by atoms with Gasteiger partial charge in [-0.25, -0.2) is 0 Å². The summed E-state index contributed by atoms with van der Waals surface area (Å²) >= 11 is 0. The molecule has 1 saturated heterocycles. The summed E-state index contributed by atoms with van der Waals surface area (Å²) in [7, 11) is 0. The van der Waals surface area contributed by atoms with E-state index in [1.807, 2.05) is 0 Å². The molecule has 58 valence electrons. The summed E-state index contributed by atoms with van der Waals surface area (Å²) in [6.07, 6.45) is 7.64. The van der Waals surface area contributed by atoms with Gasteiger partial charge in [0, 0.05) is 5.92 Å². The van der Waals surface area contributed by atoms with Gasteiger partial charge in [0.25, 0.3) is 0 Å². The maximum Gasteiger partial charge on any atom is 0.148 e. The Kier molecular flexibility index (Phi) is 0.957. The van der Waals surface area contributed by atoms with Crippen LogP contribution in [-0.4, -0.2) is 19.0 Å². The lowest BCUT2D eigenvalue weighted by Crippen LogP contribution is -2.31. The Hall–Kier alpha value is -0.600. The lowest BCUT2D eigenvalue weighted by Gasteiger charge is -2.28. The maximum absolute atomic E-state index is 5.60. The van der Waals surface area contributed by atoms with Gasteiger partial charge in [0.05, 0.1) is 6.61 Å². The standard InChI is InChI=1S/C9H10O2/c1-2-7-4-9(7)8(3-1)5-10-6-11-9/h1-3,7H,4-6H2. The molecule has 3 aliphatic rings. The highest BCUT2D eigenvalue weighted by atomic mass is 16.7. The average molecular weight is 150 g/mol. The van der Waals surface area contributed by atoms with Gasteiger partial charge in [-0.15, -0.1) is 0 Å². The molecule has 0 radical (unpaired) electrons. The van der Waals surface area contributed by atoms with E-state index >= 15 is 0 Å². The van der Waals surface area contributed by atoms with Crippen molar-refractivity contribution < 1.29 is 9.47 Å². The highest BCUT2D eigenvalue weighted by molar-refractivity contribution is 5.40. The smallest absolute Gasteiger partial charge is 0.148 e. The van der Waals surface area contributed by atoms with Crippen molar-refractivity contribution in [3.05, 3.63) is 23.8 Å². The second-order valence-electron chi connectivity index (χ2n) is 3.39. The van der Waals surface area contributed by atoms with Crippen LogP contribution in [-0.2, 0) is 9.47 Å². The number of ether oxygens (including phenoxy) is 2. The summed E-state index contributed by atoms with van der Waals surface area (Å²) in [5.74, 6) is 0.645. The first-order valence-corrected chi connectivity index (χ1v) is 4.01. The molecule has 2 heteroatoms. The third-order valence-electron chi connectivity index (χ3n) is 2.80. The summed E-state index contributed by atoms with van der Waals surface area (Å²) in [4.78, 5) is 0. The molecule has 2 unspecified atom stereocenters. The van der Waals surface area contributed by atoms with Gasteiger partial charge in [-0.2, -0.15) is 0 Å². The molecular weight excluding hydrogens is 140 g/mol. The molecule has 1 heterocycles. The number of hydrogen-bond acceptors (Lipinski definition) is 2. The zero-order valence-corrected chi connectivity index (χ0v) is 6.25. The normalized spacial score (nSPS) is 45.8. The minimum absolute atomic E-state index is 0.0903. The summed E-state index contributed by atoms with van der Waals surface area (Å²) < 4.78 is 10.8.